The number of Topliss-reactive ketones (excluding diaryl/α,β-unsaturated/α-hetero) is 2. The van der Waals surface area contributed by atoms with E-state index in [1.807, 2.05) is 0 Å². The highest BCUT2D eigenvalue weighted by Gasteiger charge is 2.48. The number of nitrogens with one attached hydrogen (secondary N) is 7. The molecule has 7 N–H and O–H groups in total. The second-order valence-corrected chi connectivity index (χ2v) is 39.7. The molecule has 0 aliphatic carbocycles. The van der Waals surface area contributed by atoms with Crippen LogP contribution in [0.2, 0.25) is 0 Å². The van der Waals surface area contributed by atoms with Crippen molar-refractivity contribution >= 4 is 127 Å². The number of nitrogens with zero attached hydrogens (tertiary/aromatic N) is 5. The molecule has 1 unspecified atom stereocenters. The molecule has 36 heteroatoms. The number of carbonyl (C=O) groups is 14. The van der Waals surface area contributed by atoms with Crippen molar-refractivity contribution in [2.75, 3.05) is 40.1 Å². The van der Waals surface area contributed by atoms with Gasteiger partial charge in [0.05, 0.1) is 60.9 Å². The number of amides is 7. The summed E-state index contributed by atoms with van der Waals surface area (Å²) >= 11 is 0. The molecular formula is C106H140F4N12O20. The lowest BCUT2D eigenvalue weighted by molar-refractivity contribution is -0.162. The Morgan fingerprint density at radius 2 is 0.761 bits per heavy atom. The maximum absolute atomic E-state index is 15.3. The summed E-state index contributed by atoms with van der Waals surface area (Å²) in [5, 5.41) is 9.84. The van der Waals surface area contributed by atoms with Crippen LogP contribution in [0.4, 0.5) is 22.4 Å². The van der Waals surface area contributed by atoms with Gasteiger partial charge in [0.2, 0.25) is 35.4 Å². The van der Waals surface area contributed by atoms with E-state index in [9.17, 15) is 67.1 Å². The molecule has 772 valence electrons. The maximum atomic E-state index is 15.3. The number of esters is 5. The number of ether oxygens (including phenoxy) is 6. The molecule has 0 saturated carbocycles. The molecule has 7 amide bonds. The molecule has 32 nitrogen and oxygen atoms in total. The number of halogens is 4. The molecule has 0 radical (unpaired) electrons. The second-order valence-electron chi connectivity index (χ2n) is 39.7. The normalized spacial score (nSPS) is 21.7. The Hall–Kier alpha value is -12.5. The zero-order valence-electron chi connectivity index (χ0n) is 95.6. The van der Waals surface area contributed by atoms with Crippen molar-refractivity contribution in [2.24, 2.45) is 29.6 Å². The van der Waals surface area contributed by atoms with Crippen molar-refractivity contribution < 1.29 is 130 Å². The van der Waals surface area contributed by atoms with Crippen LogP contribution in [0.25, 0.3) is 66.4 Å². The molecule has 4 aliphatic rings. The Morgan fingerprint density at radius 3 is 1.05 bits per heavy atom. The minimum Gasteiger partial charge on any atom is -0.461 e. The fourth-order valence-electron chi connectivity index (χ4n) is 19.5. The van der Waals surface area contributed by atoms with Crippen molar-refractivity contribution in [2.45, 2.75) is 319 Å². The highest BCUT2D eigenvalue weighted by Crippen LogP contribution is 2.45. The van der Waals surface area contributed by atoms with E-state index in [1.165, 1.54) is 139 Å². The van der Waals surface area contributed by atoms with Crippen LogP contribution in [0.5, 0.6) is 0 Å². The number of ketones is 2. The van der Waals surface area contributed by atoms with Crippen LogP contribution in [0.1, 0.15) is 248 Å². The number of likely N-dealkylation sites (N-methyl/N-ethyl adjacent to an activating group) is 2. The standard InChI is InChI=1S/C58H78F2N6O12.C48H62F2N6O8/c1-15-35(21-49(69)30(3)31(4)55(73)77-57(8,9)10)53(71)65-28-40(75-33(6)67)24-38(65)26-44-42-19-17-36(59)22-47(42)61-50(44)51-45(43-20-18-37(60)23-48(43)62-51)27-39-25-41(76-34(7)68)29-66(39)54(72)46(16-2)63-52(70)32(5)64(14)56(74)78-58(11,12)13;1-9-25(4)46(60)54-40(11-3)48(62)56-24-35(64-28(7)58)20-33(56)22-39-37-15-13-31(50)18-42(37)53-45(39)44-38(36-14-12-30(49)17-41(36)52-44)21-32-19-34(63-27(6)57)23-55(32)47(61)29(10-2)16-43(59)26(5)51-8/h17-20,22-23,30-32,35,38-41,46,61-62H,15-16,21,24-29H2,1-14H3,(H,63,70);12-15,17-18,25-26,29,32-35,40,51-53H,9-11,16,19-24H2,1-8H3,(H,54,60)/t30-,31?,32+,35-,38+,39+,40+,41+,46+;25-,26+,29-,32+,33+,34+,35+,40+/m11/s1/i4D3,14D3;1D3,8D3. The fraction of sp³-hybridized carbons (Fsp3) is 0.566. The van der Waals surface area contributed by atoms with E-state index in [-0.39, 0.29) is 110 Å². The van der Waals surface area contributed by atoms with Gasteiger partial charge in [-0.05, 0) is 215 Å². The number of hydrogen-bond acceptors (Lipinski definition) is 21. The molecule has 4 aromatic carbocycles. The lowest BCUT2D eigenvalue weighted by Gasteiger charge is -2.31. The van der Waals surface area contributed by atoms with Gasteiger partial charge in [0.25, 0.3) is 0 Å². The van der Waals surface area contributed by atoms with E-state index in [4.69, 9.17) is 44.9 Å². The Balaban J connectivity index is 0.000000296. The SMILES string of the molecule is [2H]C([2H])([2H])C(C(=O)OC(C)(C)C)[C@@H](C)C(=O)C[C@@H](CC)C(=O)N1C[C@@H](OC(C)=O)C[C@H]1Cc1c(-c2[nH]c3cc(F)ccc3c2C[C@@H]2C[C@H](OC(C)=O)CN2C(=O)[C@H](CC)NC(=O)[C@H](C)N(C(=O)OC(C)(C)C)C([2H])([2H])[2H])[nH]c2cc(F)ccc12.[2H]C([2H])([2H])C[C@@H](C)C(=O)N[C@@H](CC)C(=O)N1C[C@@H](OC(C)=O)C[C@H]1Cc1c(-c2[nH]c3cc(F)ccc3c2C[C@@H]2C[C@H](OC(C)=O)CN2C(=O)[C@H](CC)CC(=O)[C@H](C)NC([2H])([2H])[2H])[nH]c2cc(F)ccc12. The second kappa shape index (κ2) is 46.7. The smallest absolute Gasteiger partial charge is 0.410 e. The predicted molar refractivity (Wildman–Crippen MR) is 525 cm³/mol. The van der Waals surface area contributed by atoms with Crippen molar-refractivity contribution in [3.63, 3.8) is 0 Å². The van der Waals surface area contributed by atoms with Crippen LogP contribution in [0, 0.1) is 52.9 Å². The molecule has 8 heterocycles. The summed E-state index contributed by atoms with van der Waals surface area (Å²) in [4.78, 5) is 209. The van der Waals surface area contributed by atoms with E-state index >= 15 is 17.6 Å². The molecule has 4 aliphatic heterocycles. The van der Waals surface area contributed by atoms with Gasteiger partial charge in [0.1, 0.15) is 88.6 Å². The molecule has 4 aromatic heterocycles. The Bertz CT molecular complexity index is 6150. The van der Waals surface area contributed by atoms with Crippen LogP contribution >= 0.6 is 0 Å². The summed E-state index contributed by atoms with van der Waals surface area (Å²) in [6, 6.07) is 8.69. The topological polar surface area (TPSA) is 410 Å². The average molecular weight is 1990 g/mol. The summed E-state index contributed by atoms with van der Waals surface area (Å²) in [7, 11) is 0. The number of rotatable bonds is 37. The first-order valence-electron chi connectivity index (χ1n) is 54.4. The summed E-state index contributed by atoms with van der Waals surface area (Å²) in [6.45, 7) is 15.2. The van der Waals surface area contributed by atoms with E-state index < -0.39 is 260 Å². The quantitative estimate of drug-likeness (QED) is 0.0108. The number of H-pyrrole nitrogens is 4. The Kier molecular flexibility index (Phi) is 30.6. The third-order valence-corrected chi connectivity index (χ3v) is 26.8. The minimum atomic E-state index is -3.12. The van der Waals surface area contributed by atoms with Crippen LogP contribution < -0.4 is 16.0 Å². The van der Waals surface area contributed by atoms with Crippen LogP contribution in [0.3, 0.4) is 0 Å². The minimum absolute atomic E-state index is 0.00181. The molecule has 142 heavy (non-hydrogen) atoms. The summed E-state index contributed by atoms with van der Waals surface area (Å²) in [6.07, 6.45) is -4.08. The molecule has 4 fully saturated rings. The number of benzene rings is 4. The zero-order chi connectivity index (χ0) is 114. The molecule has 0 bridgehead atoms. The van der Waals surface area contributed by atoms with E-state index in [2.05, 4.69) is 35.9 Å². The molecule has 17 atom stereocenters. The number of likely N-dealkylation sites (tertiary alicyclic amines) is 4. The fourth-order valence-corrected chi connectivity index (χ4v) is 19.5. The number of hydrogen-bond donors (Lipinski definition) is 7. The van der Waals surface area contributed by atoms with E-state index in [0.717, 1.165) is 0 Å². The highest BCUT2D eigenvalue weighted by molar-refractivity contribution is 6.00. The van der Waals surface area contributed by atoms with Crippen LogP contribution in [0.15, 0.2) is 72.8 Å². The number of aromatic nitrogens is 4. The van der Waals surface area contributed by atoms with Gasteiger partial charge >= 0.3 is 35.9 Å². The van der Waals surface area contributed by atoms with Crippen molar-refractivity contribution in [3.05, 3.63) is 118 Å². The zero-order valence-corrected chi connectivity index (χ0v) is 83.6. The Labute approximate surface area is 842 Å². The van der Waals surface area contributed by atoms with Gasteiger partial charge in [-0.2, -0.15) is 0 Å². The van der Waals surface area contributed by atoms with Gasteiger partial charge < -0.3 is 83.9 Å². The van der Waals surface area contributed by atoms with Gasteiger partial charge in [-0.1, -0.05) is 55.2 Å². The molecule has 4 saturated heterocycles. The van der Waals surface area contributed by atoms with Crippen LogP contribution in [-0.4, -0.2) is 251 Å². The summed E-state index contributed by atoms with van der Waals surface area (Å²) in [5.74, 6) is -16.4. The number of carbonyl (C=O) groups excluding carboxylic acids is 14. The van der Waals surface area contributed by atoms with E-state index in [1.54, 1.807) is 77.6 Å². The Morgan fingerprint density at radius 1 is 0.437 bits per heavy atom. The number of fused-ring (bicyclic) bond motifs is 4. The molecule has 0 spiro atoms. The predicted octanol–water partition coefficient (Wildman–Crippen LogP) is 14.8. The van der Waals surface area contributed by atoms with Gasteiger partial charge in [0.15, 0.2) is 0 Å². The third kappa shape index (κ3) is 26.5. The van der Waals surface area contributed by atoms with Crippen LogP contribution in [-0.2, 0) is 116 Å². The lowest BCUT2D eigenvalue weighted by Crippen LogP contribution is -2.55. The van der Waals surface area contributed by atoms with Crippen molar-refractivity contribution in [1.82, 2.24) is 60.4 Å². The summed E-state index contributed by atoms with van der Waals surface area (Å²) < 4.78 is 188. The van der Waals surface area contributed by atoms with Crippen molar-refractivity contribution in [3.8, 4) is 22.8 Å². The van der Waals surface area contributed by atoms with Gasteiger partial charge in [-0.15, -0.1) is 0 Å². The molecule has 12 rings (SSSR count). The first kappa shape index (κ1) is 93.2. The van der Waals surface area contributed by atoms with Gasteiger partial charge in [-0.3, -0.25) is 67.2 Å². The number of aromatic amines is 4. The maximum Gasteiger partial charge on any atom is 0.410 e. The first-order chi connectivity index (χ1) is 71.6. The first-order valence-corrected chi connectivity index (χ1v) is 48.4. The highest BCUT2D eigenvalue weighted by atomic mass is 19.1. The van der Waals surface area contributed by atoms with Crippen molar-refractivity contribution in [1.29, 1.82) is 0 Å². The average Bonchev–Trinajstić information content (AvgIpc) is 1.59. The molecular weight excluding hydrogens is 1840 g/mol. The van der Waals surface area contributed by atoms with Gasteiger partial charge in [-0.25, -0.2) is 22.4 Å². The van der Waals surface area contributed by atoms with Gasteiger partial charge in [0, 0.05) is 181 Å². The third-order valence-electron chi connectivity index (χ3n) is 26.8. The monoisotopic (exact) mass is 1990 g/mol. The lowest BCUT2D eigenvalue weighted by atomic mass is 9.85. The van der Waals surface area contributed by atoms with E-state index in [0.29, 0.717) is 93.5 Å². The largest absolute Gasteiger partial charge is 0.461 e. The molecule has 8 aromatic rings. The summed E-state index contributed by atoms with van der Waals surface area (Å²) in [5.41, 5.74) is 3.22.